The molecule has 9 heteroatoms. The van der Waals surface area contributed by atoms with Crippen molar-refractivity contribution in [2.75, 3.05) is 36.8 Å². The summed E-state index contributed by atoms with van der Waals surface area (Å²) in [5.41, 5.74) is 0.244. The van der Waals surface area contributed by atoms with Gasteiger partial charge in [0.15, 0.2) is 0 Å². The molecule has 1 aliphatic rings. The number of pyridine rings is 1. The van der Waals surface area contributed by atoms with Gasteiger partial charge in [0.25, 0.3) is 0 Å². The number of carbonyl (C=O) groups is 1. The molecule has 0 bridgehead atoms. The van der Waals surface area contributed by atoms with Crippen molar-refractivity contribution in [3.8, 4) is 0 Å². The van der Waals surface area contributed by atoms with Crippen LogP contribution in [0, 0.1) is 5.92 Å². The lowest BCUT2D eigenvalue weighted by Crippen LogP contribution is -2.32. The fourth-order valence-corrected chi connectivity index (χ4v) is 3.91. The maximum atomic E-state index is 12.4. The summed E-state index contributed by atoms with van der Waals surface area (Å²) in [6.07, 6.45) is 2.77. The Bertz CT molecular complexity index is 793. The number of amides is 1. The third-order valence-electron chi connectivity index (χ3n) is 4.35. The average Bonchev–Trinajstić information content (AvgIpc) is 3.10. The molecule has 0 spiro atoms. The van der Waals surface area contributed by atoms with E-state index in [-0.39, 0.29) is 38.2 Å². The minimum atomic E-state index is -0.213. The van der Waals surface area contributed by atoms with Gasteiger partial charge < -0.3 is 10.6 Å². The van der Waals surface area contributed by atoms with Crippen molar-refractivity contribution >= 4 is 63.8 Å². The summed E-state index contributed by atoms with van der Waals surface area (Å²) in [5, 5.41) is 6.88. The van der Waals surface area contributed by atoms with E-state index in [2.05, 4.69) is 20.5 Å². The van der Waals surface area contributed by atoms with Crippen molar-refractivity contribution in [2.45, 2.75) is 6.42 Å². The number of hydrogen-bond donors (Lipinski definition) is 2. The Balaban J connectivity index is 1.51. The van der Waals surface area contributed by atoms with E-state index >= 15 is 0 Å². The number of rotatable bonds is 6. The summed E-state index contributed by atoms with van der Waals surface area (Å²) in [4.78, 5) is 18.7. The zero-order chi connectivity index (χ0) is 19.4. The van der Waals surface area contributed by atoms with E-state index in [4.69, 9.17) is 46.4 Å². The zero-order valence-electron chi connectivity index (χ0n) is 14.3. The highest BCUT2D eigenvalue weighted by Gasteiger charge is 2.25. The Hall–Kier alpha value is -1.24. The summed E-state index contributed by atoms with van der Waals surface area (Å²) < 4.78 is 0. The maximum absolute atomic E-state index is 12.4. The quantitative estimate of drug-likeness (QED) is 0.607. The van der Waals surface area contributed by atoms with Crippen molar-refractivity contribution in [1.82, 2.24) is 9.88 Å². The van der Waals surface area contributed by atoms with Gasteiger partial charge in [-0.1, -0.05) is 52.5 Å². The molecule has 2 aromatic rings. The van der Waals surface area contributed by atoms with E-state index < -0.39 is 0 Å². The van der Waals surface area contributed by atoms with Gasteiger partial charge in [-0.15, -0.1) is 0 Å². The molecule has 1 fully saturated rings. The lowest BCUT2D eigenvalue weighted by molar-refractivity contribution is -0.117. The highest BCUT2D eigenvalue weighted by molar-refractivity contribution is 6.50. The number of aromatic nitrogens is 1. The maximum Gasteiger partial charge on any atom is 0.238 e. The number of halogens is 4. The van der Waals surface area contributed by atoms with Crippen LogP contribution >= 0.6 is 46.4 Å². The lowest BCUT2D eigenvalue weighted by Gasteiger charge is -2.17. The first kappa shape index (κ1) is 20.5. The largest absolute Gasteiger partial charge is 0.370 e. The van der Waals surface area contributed by atoms with Gasteiger partial charge in [-0.2, -0.15) is 0 Å². The Kier molecular flexibility index (Phi) is 7.06. The fourth-order valence-electron chi connectivity index (χ4n) is 3.00. The van der Waals surface area contributed by atoms with Crippen molar-refractivity contribution in [2.24, 2.45) is 5.92 Å². The van der Waals surface area contributed by atoms with Gasteiger partial charge in [-0.25, -0.2) is 4.98 Å². The van der Waals surface area contributed by atoms with Gasteiger partial charge in [0.05, 0.1) is 32.3 Å². The fraction of sp³-hybridized carbons (Fsp3) is 0.333. The van der Waals surface area contributed by atoms with E-state index in [1.165, 1.54) is 6.07 Å². The van der Waals surface area contributed by atoms with Crippen molar-refractivity contribution < 1.29 is 4.79 Å². The number of nitrogens with one attached hydrogen (secondary N) is 2. The molecular formula is C18H18Cl4N4O. The number of carbonyl (C=O) groups excluding carboxylic acids is 1. The molecule has 3 rings (SSSR count). The summed E-state index contributed by atoms with van der Waals surface area (Å²) >= 11 is 24.3. The number of hydrogen-bond acceptors (Lipinski definition) is 4. The second-order valence-electron chi connectivity index (χ2n) is 6.38. The smallest absolute Gasteiger partial charge is 0.238 e. The van der Waals surface area contributed by atoms with Gasteiger partial charge in [-0.05, 0) is 37.1 Å². The molecule has 1 aliphatic heterocycles. The predicted octanol–water partition coefficient (Wildman–Crippen LogP) is 5.07. The van der Waals surface area contributed by atoms with Crippen LogP contribution in [0.3, 0.4) is 0 Å². The van der Waals surface area contributed by atoms with E-state index in [1.54, 1.807) is 6.20 Å². The first-order chi connectivity index (χ1) is 12.9. The van der Waals surface area contributed by atoms with Crippen LogP contribution in [0.5, 0.6) is 0 Å². The third-order valence-corrected chi connectivity index (χ3v) is 5.92. The predicted molar refractivity (Wildman–Crippen MR) is 112 cm³/mol. The zero-order valence-corrected chi connectivity index (χ0v) is 17.3. The normalized spacial score (nSPS) is 17.1. The van der Waals surface area contributed by atoms with E-state index in [0.29, 0.717) is 5.92 Å². The number of likely N-dealkylation sites (tertiary alicyclic amines) is 1. The van der Waals surface area contributed by atoms with Crippen LogP contribution in [0.1, 0.15) is 6.42 Å². The molecule has 1 saturated heterocycles. The number of benzene rings is 1. The molecule has 1 unspecified atom stereocenters. The highest BCUT2D eigenvalue weighted by atomic mass is 35.5. The summed E-state index contributed by atoms with van der Waals surface area (Å²) in [7, 11) is 0. The molecule has 1 atom stereocenters. The van der Waals surface area contributed by atoms with Gasteiger partial charge in [0, 0.05) is 19.3 Å². The minimum Gasteiger partial charge on any atom is -0.370 e. The molecule has 27 heavy (non-hydrogen) atoms. The Morgan fingerprint density at radius 3 is 2.59 bits per heavy atom. The SMILES string of the molecule is O=C(CN1CCC(CNc2ccccn2)C1)Nc1c(Cl)c(Cl)cc(Cl)c1Cl. The van der Waals surface area contributed by atoms with E-state index in [9.17, 15) is 4.79 Å². The molecule has 0 saturated carbocycles. The molecule has 144 valence electrons. The Morgan fingerprint density at radius 1 is 1.19 bits per heavy atom. The average molecular weight is 448 g/mol. The van der Waals surface area contributed by atoms with Crippen LogP contribution in [0.4, 0.5) is 11.5 Å². The second kappa shape index (κ2) is 9.30. The van der Waals surface area contributed by atoms with Gasteiger partial charge in [0.2, 0.25) is 5.91 Å². The second-order valence-corrected chi connectivity index (χ2v) is 7.95. The van der Waals surface area contributed by atoms with Gasteiger partial charge in [0.1, 0.15) is 5.82 Å². The van der Waals surface area contributed by atoms with Gasteiger partial charge >= 0.3 is 0 Å². The lowest BCUT2D eigenvalue weighted by atomic mass is 10.1. The van der Waals surface area contributed by atoms with Crippen LogP contribution in [0.2, 0.25) is 20.1 Å². The van der Waals surface area contributed by atoms with Gasteiger partial charge in [-0.3, -0.25) is 9.69 Å². The minimum absolute atomic E-state index is 0.179. The Labute approximate surface area is 177 Å². The monoisotopic (exact) mass is 446 g/mol. The van der Waals surface area contributed by atoms with Crippen LogP contribution in [0.25, 0.3) is 0 Å². The molecule has 0 radical (unpaired) electrons. The first-order valence-electron chi connectivity index (χ1n) is 8.44. The molecule has 1 aromatic carbocycles. The molecular weight excluding hydrogens is 430 g/mol. The highest BCUT2D eigenvalue weighted by Crippen LogP contribution is 2.41. The van der Waals surface area contributed by atoms with Crippen LogP contribution < -0.4 is 10.6 Å². The summed E-state index contributed by atoms with van der Waals surface area (Å²) in [6.45, 7) is 2.73. The van der Waals surface area contributed by atoms with E-state index in [1.807, 2.05) is 18.2 Å². The molecule has 0 aliphatic carbocycles. The van der Waals surface area contributed by atoms with Crippen LogP contribution in [-0.2, 0) is 4.79 Å². The number of nitrogens with zero attached hydrogens (tertiary/aromatic N) is 2. The summed E-state index contributed by atoms with van der Waals surface area (Å²) in [5.74, 6) is 1.10. The Morgan fingerprint density at radius 2 is 1.93 bits per heavy atom. The van der Waals surface area contributed by atoms with Crippen molar-refractivity contribution in [3.05, 3.63) is 50.6 Å². The summed E-state index contributed by atoms with van der Waals surface area (Å²) in [6, 6.07) is 7.21. The molecule has 1 aromatic heterocycles. The van der Waals surface area contributed by atoms with E-state index in [0.717, 1.165) is 31.9 Å². The molecule has 2 heterocycles. The first-order valence-corrected chi connectivity index (χ1v) is 9.95. The number of anilines is 2. The van der Waals surface area contributed by atoms with Crippen molar-refractivity contribution in [1.29, 1.82) is 0 Å². The third kappa shape index (κ3) is 5.39. The topological polar surface area (TPSA) is 57.3 Å². The molecule has 5 nitrogen and oxygen atoms in total. The molecule has 2 N–H and O–H groups in total. The standard InChI is InChI=1S/C18H18Cl4N4O/c19-12-7-13(20)17(22)18(16(12)21)25-15(27)10-26-6-4-11(9-26)8-24-14-3-1-2-5-23-14/h1-3,5,7,11H,4,6,8-10H2,(H,23,24)(H,25,27). The van der Waals surface area contributed by atoms with Crippen molar-refractivity contribution in [3.63, 3.8) is 0 Å². The van der Waals surface area contributed by atoms with Crippen LogP contribution in [0.15, 0.2) is 30.5 Å². The molecule has 1 amide bonds. The van der Waals surface area contributed by atoms with Crippen LogP contribution in [-0.4, -0.2) is 42.0 Å².